The predicted molar refractivity (Wildman–Crippen MR) is 48.8 cm³/mol. The minimum Gasteiger partial charge on any atom is -0.385 e. The van der Waals surface area contributed by atoms with E-state index in [2.05, 4.69) is 0 Å². The predicted octanol–water partition coefficient (Wildman–Crippen LogP) is 1.71. The van der Waals surface area contributed by atoms with Crippen LogP contribution in [0.5, 0.6) is 0 Å². The fourth-order valence-corrected chi connectivity index (χ4v) is 2.43. The Hall–Kier alpha value is -0.0900. The molecular weight excluding hydrogens is 196 g/mol. The van der Waals surface area contributed by atoms with E-state index in [-0.39, 0.29) is 0 Å². The quantitative estimate of drug-likeness (QED) is 0.795. The van der Waals surface area contributed by atoms with Gasteiger partial charge in [-0.15, -0.1) is 11.3 Å². The van der Waals surface area contributed by atoms with Gasteiger partial charge in [0.15, 0.2) is 0 Å². The Kier molecular flexibility index (Phi) is 2.12. The first-order valence-electron chi connectivity index (χ1n) is 3.72. The highest BCUT2D eigenvalue weighted by Crippen LogP contribution is 2.29. The molecule has 0 unspecified atom stereocenters. The summed E-state index contributed by atoms with van der Waals surface area (Å²) in [5.74, 6) is 0. The van der Waals surface area contributed by atoms with Gasteiger partial charge >= 0.3 is 0 Å². The Morgan fingerprint density at radius 3 is 2.83 bits per heavy atom. The third-order valence-corrected chi connectivity index (χ3v) is 3.31. The first-order valence-corrected chi connectivity index (χ1v) is 4.97. The monoisotopic (exact) mass is 204 g/mol. The first kappa shape index (κ1) is 8.51. The van der Waals surface area contributed by atoms with E-state index in [9.17, 15) is 5.11 Å². The van der Waals surface area contributed by atoms with Crippen molar-refractivity contribution in [3.8, 4) is 0 Å². The summed E-state index contributed by atoms with van der Waals surface area (Å²) in [6, 6.07) is 1.85. The van der Waals surface area contributed by atoms with Gasteiger partial charge in [-0.25, -0.2) is 0 Å². The molecule has 0 atom stereocenters. The maximum absolute atomic E-state index is 9.73. The molecule has 4 heteroatoms. The SMILES string of the molecule is OC1(Cc2sccc2Cl)COC1. The first-order chi connectivity index (χ1) is 5.70. The molecule has 0 saturated carbocycles. The van der Waals surface area contributed by atoms with E-state index in [1.165, 1.54) is 0 Å². The molecule has 0 bridgehead atoms. The van der Waals surface area contributed by atoms with Gasteiger partial charge in [0.2, 0.25) is 0 Å². The number of hydrogen-bond acceptors (Lipinski definition) is 3. The van der Waals surface area contributed by atoms with Crippen molar-refractivity contribution in [2.24, 2.45) is 0 Å². The molecule has 1 aliphatic heterocycles. The van der Waals surface area contributed by atoms with Crippen LogP contribution in [0.3, 0.4) is 0 Å². The Morgan fingerprint density at radius 1 is 1.67 bits per heavy atom. The van der Waals surface area contributed by atoms with Crippen molar-refractivity contribution in [3.05, 3.63) is 21.3 Å². The largest absolute Gasteiger partial charge is 0.385 e. The van der Waals surface area contributed by atoms with Crippen LogP contribution < -0.4 is 0 Å². The number of hydrogen-bond donors (Lipinski definition) is 1. The van der Waals surface area contributed by atoms with E-state index in [0.29, 0.717) is 19.6 Å². The van der Waals surface area contributed by atoms with Crippen LogP contribution in [0.4, 0.5) is 0 Å². The van der Waals surface area contributed by atoms with Crippen molar-refractivity contribution in [2.45, 2.75) is 12.0 Å². The van der Waals surface area contributed by atoms with E-state index in [1.54, 1.807) is 11.3 Å². The van der Waals surface area contributed by atoms with Gasteiger partial charge in [0.1, 0.15) is 5.60 Å². The summed E-state index contributed by atoms with van der Waals surface area (Å²) in [6.07, 6.45) is 0.615. The molecule has 66 valence electrons. The highest BCUT2D eigenvalue weighted by molar-refractivity contribution is 7.10. The van der Waals surface area contributed by atoms with Crippen molar-refractivity contribution >= 4 is 22.9 Å². The zero-order valence-corrected chi connectivity index (χ0v) is 7.99. The molecule has 0 spiro atoms. The van der Waals surface area contributed by atoms with E-state index < -0.39 is 5.60 Å². The van der Waals surface area contributed by atoms with Gasteiger partial charge in [-0.1, -0.05) is 11.6 Å². The Balaban J connectivity index is 2.08. The Morgan fingerprint density at radius 2 is 2.42 bits per heavy atom. The van der Waals surface area contributed by atoms with Crippen molar-refractivity contribution < 1.29 is 9.84 Å². The summed E-state index contributed by atoms with van der Waals surface area (Å²) in [5.41, 5.74) is -0.658. The molecule has 0 aromatic carbocycles. The molecule has 1 aliphatic rings. The fourth-order valence-electron chi connectivity index (χ4n) is 1.19. The minimum absolute atomic E-state index is 0.432. The van der Waals surface area contributed by atoms with Gasteiger partial charge in [0.05, 0.1) is 18.2 Å². The molecule has 12 heavy (non-hydrogen) atoms. The maximum atomic E-state index is 9.73. The second-order valence-electron chi connectivity index (χ2n) is 3.09. The molecule has 1 N–H and O–H groups in total. The summed E-state index contributed by atoms with van der Waals surface area (Å²) in [7, 11) is 0. The Bertz CT molecular complexity index is 280. The molecule has 1 aromatic heterocycles. The molecule has 0 aliphatic carbocycles. The summed E-state index contributed by atoms with van der Waals surface area (Å²) < 4.78 is 4.94. The van der Waals surface area contributed by atoms with Crippen LogP contribution in [-0.2, 0) is 11.2 Å². The normalized spacial score (nSPS) is 20.5. The molecule has 2 heterocycles. The lowest BCUT2D eigenvalue weighted by Gasteiger charge is -2.36. The molecule has 1 fully saturated rings. The van der Waals surface area contributed by atoms with Crippen LogP contribution in [0.15, 0.2) is 11.4 Å². The van der Waals surface area contributed by atoms with E-state index in [4.69, 9.17) is 16.3 Å². The highest BCUT2D eigenvalue weighted by atomic mass is 35.5. The van der Waals surface area contributed by atoms with Crippen LogP contribution in [-0.4, -0.2) is 23.9 Å². The molecule has 2 rings (SSSR count). The van der Waals surface area contributed by atoms with Gasteiger partial charge in [0, 0.05) is 11.3 Å². The molecule has 1 aromatic rings. The zero-order valence-electron chi connectivity index (χ0n) is 6.42. The molecule has 1 saturated heterocycles. The summed E-state index contributed by atoms with van der Waals surface area (Å²) in [5, 5.41) is 12.4. The molecular formula is C8H9ClO2S. The van der Waals surface area contributed by atoms with Gasteiger partial charge in [-0.05, 0) is 11.4 Å². The van der Waals surface area contributed by atoms with Crippen LogP contribution in [0.25, 0.3) is 0 Å². The highest BCUT2D eigenvalue weighted by Gasteiger charge is 2.36. The Labute approximate surface area is 79.7 Å². The van der Waals surface area contributed by atoms with Crippen LogP contribution in [0, 0.1) is 0 Å². The van der Waals surface area contributed by atoms with Crippen molar-refractivity contribution in [2.75, 3.05) is 13.2 Å². The van der Waals surface area contributed by atoms with Crippen LogP contribution in [0.1, 0.15) is 4.88 Å². The number of aliphatic hydroxyl groups is 1. The number of halogens is 1. The van der Waals surface area contributed by atoms with Crippen molar-refractivity contribution in [3.63, 3.8) is 0 Å². The number of thiophene rings is 1. The third kappa shape index (κ3) is 1.50. The van der Waals surface area contributed by atoms with Crippen LogP contribution in [0.2, 0.25) is 5.02 Å². The summed E-state index contributed by atoms with van der Waals surface area (Å²) in [6.45, 7) is 0.864. The lowest BCUT2D eigenvalue weighted by atomic mass is 9.97. The van der Waals surface area contributed by atoms with Crippen LogP contribution >= 0.6 is 22.9 Å². The van der Waals surface area contributed by atoms with E-state index >= 15 is 0 Å². The van der Waals surface area contributed by atoms with Gasteiger partial charge in [-0.2, -0.15) is 0 Å². The van der Waals surface area contributed by atoms with E-state index in [1.807, 2.05) is 11.4 Å². The minimum atomic E-state index is -0.658. The lowest BCUT2D eigenvalue weighted by Crippen LogP contribution is -2.51. The average molecular weight is 205 g/mol. The standard InChI is InChI=1S/C8H9ClO2S/c9-6-1-2-12-7(6)3-8(10)4-11-5-8/h1-2,10H,3-5H2. The zero-order chi connectivity index (χ0) is 8.60. The topological polar surface area (TPSA) is 29.5 Å². The van der Waals surface area contributed by atoms with Gasteiger partial charge in [0.25, 0.3) is 0 Å². The van der Waals surface area contributed by atoms with Crippen molar-refractivity contribution in [1.29, 1.82) is 0 Å². The second kappa shape index (κ2) is 3.00. The molecule has 0 radical (unpaired) electrons. The van der Waals surface area contributed by atoms with Crippen molar-refractivity contribution in [1.82, 2.24) is 0 Å². The summed E-state index contributed by atoms with van der Waals surface area (Å²) >= 11 is 7.46. The molecule has 0 amide bonds. The number of rotatable bonds is 2. The second-order valence-corrected chi connectivity index (χ2v) is 4.49. The smallest absolute Gasteiger partial charge is 0.116 e. The maximum Gasteiger partial charge on any atom is 0.116 e. The fraction of sp³-hybridized carbons (Fsp3) is 0.500. The molecule has 2 nitrogen and oxygen atoms in total. The van der Waals surface area contributed by atoms with E-state index in [0.717, 1.165) is 9.90 Å². The third-order valence-electron chi connectivity index (χ3n) is 1.92. The van der Waals surface area contributed by atoms with Gasteiger partial charge in [-0.3, -0.25) is 0 Å². The summed E-state index contributed by atoms with van der Waals surface area (Å²) in [4.78, 5) is 1.04. The lowest BCUT2D eigenvalue weighted by molar-refractivity contribution is -0.176. The van der Waals surface area contributed by atoms with Gasteiger partial charge < -0.3 is 9.84 Å². The average Bonchev–Trinajstić information content (AvgIpc) is 2.34. The number of ether oxygens (including phenoxy) is 1.